The van der Waals surface area contributed by atoms with Crippen LogP contribution in [0.4, 0.5) is 13.2 Å². The summed E-state index contributed by atoms with van der Waals surface area (Å²) in [6, 6.07) is 24.7. The van der Waals surface area contributed by atoms with E-state index in [4.69, 9.17) is 14.0 Å². The summed E-state index contributed by atoms with van der Waals surface area (Å²) in [5.74, 6) is -1.17. The Bertz CT molecular complexity index is 3800. The number of amides is 1. The van der Waals surface area contributed by atoms with E-state index in [1.54, 1.807) is 86.6 Å². The largest absolute Gasteiger partial charge is 0.503 e. The lowest BCUT2D eigenvalue weighted by molar-refractivity contribution is 0.0941. The Morgan fingerprint density at radius 2 is 1.08 bits per heavy atom. The van der Waals surface area contributed by atoms with Gasteiger partial charge in [-0.05, 0) is 77.4 Å². The molecule has 0 atom stereocenters. The molecule has 23 nitrogen and oxygen atoms in total. The van der Waals surface area contributed by atoms with E-state index in [-0.39, 0.29) is 80.7 Å². The number of rotatable bonds is 9. The average Bonchev–Trinajstić information content (AvgIpc) is 4.08. The topological polar surface area (TPSA) is 304 Å². The van der Waals surface area contributed by atoms with Crippen molar-refractivity contribution in [2.45, 2.75) is 19.4 Å². The van der Waals surface area contributed by atoms with Crippen LogP contribution in [0.5, 0.6) is 5.75 Å². The third kappa shape index (κ3) is 11.3. The highest BCUT2D eigenvalue weighted by atomic mass is 19.1. The minimum atomic E-state index is -0.518. The standard InChI is InChI=1S/C17H13FN6O2.C16H14FN5O2.C14H12FN5O3/c1-24-12-3-2-8-19-14(12)15(23-25)16(22-24)17-21-20-13(26-17)9-10-4-6-11(18)7-5-10;1-22-12-3-2-8-18-13(12)14(21-24)15(20-22)16(23)19-9-10-4-6-11(17)7-5-10;1-20-7-16-11(12(21)13(20)19-22)14-18-17-10(23-14)6-8-2-4-9(15)5-3-8/h2-8,25H,9H2,1H3;2-8,24H,9H2,1H3,(H,19,23);2-5,7,21-22H,6H2,1H3/b23-15+;21-14+;19-13-. The molecule has 3 aromatic carbocycles. The molecule has 0 unspecified atom stereocenters. The molecular formula is C47H39F3N16O7. The van der Waals surface area contributed by atoms with Crippen molar-refractivity contribution < 1.29 is 47.5 Å². The number of aromatic hydroxyl groups is 1. The second kappa shape index (κ2) is 22.1. The average molecular weight is 997 g/mol. The summed E-state index contributed by atoms with van der Waals surface area (Å²) >= 11 is 0. The molecule has 0 fully saturated rings. The van der Waals surface area contributed by atoms with Crippen molar-refractivity contribution in [3.63, 3.8) is 0 Å². The molecule has 0 spiro atoms. The van der Waals surface area contributed by atoms with E-state index in [1.807, 2.05) is 6.07 Å². The number of aromatic nitrogens is 12. The zero-order valence-corrected chi connectivity index (χ0v) is 38.4. The van der Waals surface area contributed by atoms with Crippen LogP contribution in [-0.4, -0.2) is 86.1 Å². The number of benzene rings is 3. The second-order valence-electron chi connectivity index (χ2n) is 15.5. The number of fused-ring (bicyclic) bond motifs is 2. The van der Waals surface area contributed by atoms with E-state index >= 15 is 0 Å². The maximum atomic E-state index is 13.0. The van der Waals surface area contributed by atoms with E-state index in [0.29, 0.717) is 40.8 Å². The molecule has 5 N–H and O–H groups in total. The number of carbonyl (C=O) groups excluding carboxylic acids is 1. The molecule has 1 amide bonds. The first-order valence-corrected chi connectivity index (χ1v) is 21.4. The summed E-state index contributed by atoms with van der Waals surface area (Å²) in [6.45, 7) is 0.190. The van der Waals surface area contributed by atoms with Crippen molar-refractivity contribution in [1.82, 2.24) is 64.8 Å². The van der Waals surface area contributed by atoms with E-state index in [9.17, 15) is 33.5 Å². The summed E-state index contributed by atoms with van der Waals surface area (Å²) in [5.41, 5.74) is 4.59. The zero-order valence-electron chi connectivity index (χ0n) is 38.4. The molecule has 0 saturated heterocycles. The Labute approximate surface area is 407 Å². The predicted molar refractivity (Wildman–Crippen MR) is 247 cm³/mol. The number of halogens is 3. The maximum absolute atomic E-state index is 13.0. The van der Waals surface area contributed by atoms with Crippen molar-refractivity contribution in [1.29, 1.82) is 0 Å². The van der Waals surface area contributed by atoms with Gasteiger partial charge in [-0.1, -0.05) is 51.9 Å². The Hall–Kier alpha value is -10.1. The molecule has 7 aromatic heterocycles. The number of aryl methyl sites for hydroxylation is 3. The smallest absolute Gasteiger partial charge is 0.274 e. The SMILES string of the molecule is Cn1cnc(-c2nnc(Cc3ccc(F)cc3)o2)c(O)/c1=N/O.Cn1nc(-c2nnc(Cc3ccc(F)cc3)o2)/c(=N/O)c2ncccc21.Cn1nc(C(=O)NCc2ccc(F)cc2)/c(=N/O)c2ncccc21. The van der Waals surface area contributed by atoms with Gasteiger partial charge in [0.1, 0.15) is 28.5 Å². The molecule has 370 valence electrons. The van der Waals surface area contributed by atoms with Gasteiger partial charge in [0, 0.05) is 40.1 Å². The van der Waals surface area contributed by atoms with Crippen LogP contribution >= 0.6 is 0 Å². The lowest BCUT2D eigenvalue weighted by Crippen LogP contribution is -2.32. The molecule has 0 radical (unpaired) electrons. The van der Waals surface area contributed by atoms with Gasteiger partial charge in [-0.3, -0.25) is 24.1 Å². The number of nitrogens with zero attached hydrogens (tertiary/aromatic N) is 15. The van der Waals surface area contributed by atoms with Crippen molar-refractivity contribution in [2.75, 3.05) is 0 Å². The third-order valence-corrected chi connectivity index (χ3v) is 10.5. The maximum Gasteiger partial charge on any atom is 0.274 e. The van der Waals surface area contributed by atoms with Crippen LogP contribution in [0, 0.1) is 17.5 Å². The second-order valence-corrected chi connectivity index (χ2v) is 15.5. The Balaban J connectivity index is 0.000000146. The van der Waals surface area contributed by atoms with Crippen LogP contribution in [0.25, 0.3) is 45.2 Å². The van der Waals surface area contributed by atoms with E-state index in [1.165, 1.54) is 58.2 Å². The molecule has 0 aliphatic heterocycles. The lowest BCUT2D eigenvalue weighted by Gasteiger charge is -2.09. The van der Waals surface area contributed by atoms with E-state index in [0.717, 1.165) is 16.7 Å². The summed E-state index contributed by atoms with van der Waals surface area (Å²) in [4.78, 5) is 24.8. The van der Waals surface area contributed by atoms with Crippen LogP contribution in [0.1, 0.15) is 39.0 Å². The lowest BCUT2D eigenvalue weighted by atomic mass is 10.1. The number of carbonyl (C=O) groups is 1. The highest BCUT2D eigenvalue weighted by Crippen LogP contribution is 2.23. The van der Waals surface area contributed by atoms with Gasteiger partial charge in [0.25, 0.3) is 17.7 Å². The van der Waals surface area contributed by atoms with Gasteiger partial charge in [-0.15, -0.1) is 20.4 Å². The third-order valence-electron chi connectivity index (χ3n) is 10.5. The summed E-state index contributed by atoms with van der Waals surface area (Å²) < 4.78 is 54.3. The fourth-order valence-corrected chi connectivity index (χ4v) is 6.97. The zero-order chi connectivity index (χ0) is 51.6. The van der Waals surface area contributed by atoms with E-state index < -0.39 is 5.91 Å². The predicted octanol–water partition coefficient (Wildman–Crippen LogP) is 4.56. The first kappa shape index (κ1) is 49.3. The van der Waals surface area contributed by atoms with Crippen LogP contribution in [-0.2, 0) is 40.5 Å². The monoisotopic (exact) mass is 996 g/mol. The van der Waals surface area contributed by atoms with Crippen LogP contribution in [0.2, 0.25) is 0 Å². The molecule has 0 aliphatic carbocycles. The molecule has 0 aliphatic rings. The summed E-state index contributed by atoms with van der Waals surface area (Å²) in [5, 5.41) is 74.2. The molecule has 0 saturated carbocycles. The van der Waals surface area contributed by atoms with Gasteiger partial charge >= 0.3 is 0 Å². The molecule has 10 rings (SSSR count). The number of nitrogens with one attached hydrogen (secondary N) is 1. The van der Waals surface area contributed by atoms with E-state index in [2.05, 4.69) is 66.3 Å². The first-order valence-electron chi connectivity index (χ1n) is 21.4. The Morgan fingerprint density at radius 3 is 1.59 bits per heavy atom. The van der Waals surface area contributed by atoms with Gasteiger partial charge in [0.2, 0.25) is 17.3 Å². The number of hydrogen-bond acceptors (Lipinski definition) is 19. The van der Waals surface area contributed by atoms with Crippen molar-refractivity contribution >= 4 is 28.0 Å². The molecule has 7 heterocycles. The quantitative estimate of drug-likeness (QED) is 0.0978. The molecule has 0 bridgehead atoms. The van der Waals surface area contributed by atoms with Gasteiger partial charge in [0.05, 0.1) is 30.2 Å². The van der Waals surface area contributed by atoms with Crippen LogP contribution < -0.4 is 21.5 Å². The normalized spacial score (nSPS) is 11.8. The fourth-order valence-electron chi connectivity index (χ4n) is 6.97. The summed E-state index contributed by atoms with van der Waals surface area (Å²) in [6.07, 6.45) is 5.13. The molecule has 26 heteroatoms. The minimum absolute atomic E-state index is 0.000283. The highest BCUT2D eigenvalue weighted by molar-refractivity contribution is 5.94. The minimum Gasteiger partial charge on any atom is -0.503 e. The summed E-state index contributed by atoms with van der Waals surface area (Å²) in [7, 11) is 4.96. The number of hydrogen-bond donors (Lipinski definition) is 5. The Kier molecular flexibility index (Phi) is 14.9. The van der Waals surface area contributed by atoms with Gasteiger partial charge in [-0.2, -0.15) is 10.2 Å². The van der Waals surface area contributed by atoms with Crippen molar-refractivity contribution in [3.8, 4) is 28.9 Å². The highest BCUT2D eigenvalue weighted by Gasteiger charge is 2.20. The molecule has 10 aromatic rings. The van der Waals surface area contributed by atoms with Crippen molar-refractivity contribution in [3.05, 3.63) is 184 Å². The van der Waals surface area contributed by atoms with Gasteiger partial charge in [0.15, 0.2) is 33.5 Å². The fraction of sp³-hybridized carbons (Fsp3) is 0.128. The van der Waals surface area contributed by atoms with Crippen molar-refractivity contribution in [2.24, 2.45) is 36.6 Å². The van der Waals surface area contributed by atoms with Gasteiger partial charge in [-0.25, -0.2) is 18.2 Å². The number of pyridine rings is 2. The van der Waals surface area contributed by atoms with Crippen LogP contribution in [0.15, 0.2) is 140 Å². The van der Waals surface area contributed by atoms with Crippen LogP contribution in [0.3, 0.4) is 0 Å². The molecular weight excluding hydrogens is 958 g/mol. The first-order chi connectivity index (χ1) is 35.3. The molecule has 73 heavy (non-hydrogen) atoms. The van der Waals surface area contributed by atoms with Gasteiger partial charge < -0.3 is 39.4 Å². The Morgan fingerprint density at radius 1 is 0.603 bits per heavy atom.